The van der Waals surface area contributed by atoms with Gasteiger partial charge in [-0.2, -0.15) is 11.3 Å². The molecule has 0 saturated carbocycles. The fourth-order valence-corrected chi connectivity index (χ4v) is 8.55. The zero-order valence-corrected chi connectivity index (χ0v) is 34.1. The van der Waals surface area contributed by atoms with Crippen molar-refractivity contribution in [3.05, 3.63) is 180 Å². The molecule has 0 spiro atoms. The van der Waals surface area contributed by atoms with E-state index in [2.05, 4.69) is 159 Å². The Labute approximate surface area is 339 Å². The largest absolute Gasteiger partial charge is 0.283 e. The molecule has 1 aliphatic carbocycles. The van der Waals surface area contributed by atoms with E-state index >= 15 is 0 Å². The molecule has 6 aromatic carbocycles. The molecule has 55 heavy (non-hydrogen) atoms. The van der Waals surface area contributed by atoms with Gasteiger partial charge in [-0.15, -0.1) is 64.7 Å². The van der Waals surface area contributed by atoms with Crippen LogP contribution in [0.2, 0.25) is 0 Å². The zero-order chi connectivity index (χ0) is 36.8. The Morgan fingerprint density at radius 2 is 1.38 bits per heavy atom. The number of para-hydroxylation sites is 1. The van der Waals surface area contributed by atoms with Crippen molar-refractivity contribution < 1.29 is 20.1 Å². The number of hydrogen-bond acceptors (Lipinski definition) is 5. The van der Waals surface area contributed by atoms with Crippen LogP contribution in [-0.2, 0) is 25.5 Å². The first-order valence-corrected chi connectivity index (χ1v) is 18.9. The Balaban J connectivity index is 0.000000168. The fraction of sp³-hybridized carbons (Fsp3) is 0.102. The van der Waals surface area contributed by atoms with Crippen LogP contribution >= 0.6 is 11.3 Å². The van der Waals surface area contributed by atoms with E-state index in [9.17, 15) is 0 Å². The molecule has 6 heteroatoms. The zero-order valence-electron chi connectivity index (χ0n) is 30.9. The minimum absolute atomic E-state index is 0. The molecular weight excluding hydrogens is 869 g/mol. The van der Waals surface area contributed by atoms with Gasteiger partial charge in [-0.3, -0.25) is 19.9 Å². The number of rotatable bonds is 4. The molecule has 9 aromatic rings. The first kappa shape index (κ1) is 36.3. The molecule has 1 radical (unpaired) electrons. The van der Waals surface area contributed by atoms with Crippen molar-refractivity contribution in [2.24, 2.45) is 0 Å². The van der Waals surface area contributed by atoms with E-state index in [1.54, 1.807) is 23.7 Å². The molecule has 0 N–H and O–H groups in total. The molecule has 0 amide bonds. The minimum atomic E-state index is -0.0331. The monoisotopic (exact) mass is 905 g/mol. The number of benzene rings is 6. The van der Waals surface area contributed by atoms with Crippen LogP contribution in [0, 0.1) is 26.0 Å². The van der Waals surface area contributed by atoms with Gasteiger partial charge in [0.2, 0.25) is 0 Å². The van der Waals surface area contributed by atoms with E-state index in [1.807, 2.05) is 24.3 Å². The Hall–Kier alpha value is -5.65. The summed E-state index contributed by atoms with van der Waals surface area (Å²) in [6.07, 6.45) is 3.60. The second kappa shape index (κ2) is 14.9. The summed E-state index contributed by atoms with van der Waals surface area (Å²) in [5, 5.41) is 2.06. The van der Waals surface area contributed by atoms with Gasteiger partial charge in [0.05, 0.1) is 28.7 Å². The SMILES string of the molecule is Cc1cccc(C)c1-c1nc(-c2[c-]cc3c(c2)-c2ccccc2C3(C)C)nc2ccccc12.[Ir].[c-]1ccc(-c2ccccc2)cc1-c1nc2cnccc2s1. The molecule has 10 rings (SSSR count). The summed E-state index contributed by atoms with van der Waals surface area (Å²) in [7, 11) is 0. The third-order valence-electron chi connectivity index (χ3n) is 10.4. The summed E-state index contributed by atoms with van der Waals surface area (Å²) in [4.78, 5) is 18.9. The molecular formula is C49H36IrN4S-2. The first-order chi connectivity index (χ1) is 26.3. The first-order valence-electron chi connectivity index (χ1n) is 18.1. The third kappa shape index (κ3) is 6.72. The summed E-state index contributed by atoms with van der Waals surface area (Å²) in [6.45, 7) is 8.88. The van der Waals surface area contributed by atoms with Crippen LogP contribution in [-0.4, -0.2) is 19.9 Å². The summed E-state index contributed by atoms with van der Waals surface area (Å²) < 4.78 is 1.15. The van der Waals surface area contributed by atoms with Crippen molar-refractivity contribution in [2.45, 2.75) is 33.1 Å². The number of aromatic nitrogens is 4. The third-order valence-corrected chi connectivity index (χ3v) is 11.5. The average molecular weight is 905 g/mol. The predicted molar refractivity (Wildman–Crippen MR) is 223 cm³/mol. The molecule has 3 aromatic heterocycles. The van der Waals surface area contributed by atoms with E-state index in [0.717, 1.165) is 48.8 Å². The second-order valence-corrected chi connectivity index (χ2v) is 15.3. The number of nitrogens with zero attached hydrogens (tertiary/aromatic N) is 4. The van der Waals surface area contributed by atoms with Gasteiger partial charge in [-0.1, -0.05) is 110 Å². The molecule has 0 unspecified atom stereocenters. The quantitative estimate of drug-likeness (QED) is 0.165. The fourth-order valence-electron chi connectivity index (χ4n) is 7.64. The summed E-state index contributed by atoms with van der Waals surface area (Å²) in [5.74, 6) is 0.719. The Kier molecular flexibility index (Phi) is 9.83. The summed E-state index contributed by atoms with van der Waals surface area (Å²) in [6, 6.07) is 53.1. The minimum Gasteiger partial charge on any atom is -0.283 e. The van der Waals surface area contributed by atoms with Crippen molar-refractivity contribution in [1.29, 1.82) is 0 Å². The van der Waals surface area contributed by atoms with E-state index in [1.165, 1.54) is 50.1 Å². The number of pyridine rings is 1. The van der Waals surface area contributed by atoms with Gasteiger partial charge in [0, 0.05) is 47.0 Å². The van der Waals surface area contributed by atoms with E-state index < -0.39 is 0 Å². The maximum Gasteiger partial charge on any atom is 0.0880 e. The maximum atomic E-state index is 5.14. The van der Waals surface area contributed by atoms with Crippen LogP contribution in [0.3, 0.4) is 0 Å². The molecule has 0 saturated heterocycles. The summed E-state index contributed by atoms with van der Waals surface area (Å²) in [5.41, 5.74) is 16.0. The Morgan fingerprint density at radius 3 is 2.20 bits per heavy atom. The van der Waals surface area contributed by atoms with Crippen LogP contribution in [0.25, 0.3) is 76.6 Å². The average Bonchev–Trinajstić information content (AvgIpc) is 3.75. The van der Waals surface area contributed by atoms with Crippen molar-refractivity contribution in [3.8, 4) is 55.5 Å². The molecule has 3 heterocycles. The normalized spacial score (nSPS) is 12.4. The van der Waals surface area contributed by atoms with Gasteiger partial charge >= 0.3 is 0 Å². The molecule has 4 nitrogen and oxygen atoms in total. The molecule has 0 bridgehead atoms. The van der Waals surface area contributed by atoms with Crippen LogP contribution in [0.1, 0.15) is 36.1 Å². The molecule has 0 aliphatic heterocycles. The van der Waals surface area contributed by atoms with Crippen molar-refractivity contribution in [1.82, 2.24) is 19.9 Å². The van der Waals surface area contributed by atoms with Crippen LogP contribution < -0.4 is 0 Å². The molecule has 269 valence electrons. The van der Waals surface area contributed by atoms with Gasteiger partial charge in [0.15, 0.2) is 0 Å². The second-order valence-electron chi connectivity index (χ2n) is 14.2. The van der Waals surface area contributed by atoms with E-state index in [0.29, 0.717) is 0 Å². The molecule has 1 aliphatic rings. The standard InChI is InChI=1S/C31H25N2.C18H11N2S.Ir/c1-19-10-9-11-20(2)28(19)29-23-13-6-8-15-27(23)32-30(33-29)21-16-17-26-24(18-21)22-12-5-7-14-25(22)31(26,3)4;1-2-5-13(6-3-1)14-7-4-8-15(11-14)18-20-16-12-19-10-9-17(16)21-18;/h5-15,17-18H,1-4H3;1-7,9-12H;/q2*-1;. The molecule has 0 atom stereocenters. The van der Waals surface area contributed by atoms with Crippen molar-refractivity contribution in [3.63, 3.8) is 0 Å². The maximum absolute atomic E-state index is 5.14. The summed E-state index contributed by atoms with van der Waals surface area (Å²) >= 11 is 1.67. The van der Waals surface area contributed by atoms with Gasteiger partial charge < -0.3 is 0 Å². The van der Waals surface area contributed by atoms with Gasteiger partial charge in [0.1, 0.15) is 0 Å². The van der Waals surface area contributed by atoms with Crippen LogP contribution in [0.4, 0.5) is 0 Å². The van der Waals surface area contributed by atoms with E-state index in [-0.39, 0.29) is 25.5 Å². The smallest absolute Gasteiger partial charge is 0.0880 e. The number of hydrogen-bond donors (Lipinski definition) is 0. The Morgan fingerprint density at radius 1 is 0.618 bits per heavy atom. The van der Waals surface area contributed by atoms with Crippen molar-refractivity contribution in [2.75, 3.05) is 0 Å². The van der Waals surface area contributed by atoms with E-state index in [4.69, 9.17) is 9.97 Å². The van der Waals surface area contributed by atoms with Crippen LogP contribution in [0.5, 0.6) is 0 Å². The van der Waals surface area contributed by atoms with Crippen LogP contribution in [0.15, 0.2) is 146 Å². The van der Waals surface area contributed by atoms with Gasteiger partial charge in [-0.05, 0) is 59.2 Å². The molecule has 0 fully saturated rings. The topological polar surface area (TPSA) is 51.6 Å². The number of thiazole rings is 1. The van der Waals surface area contributed by atoms with Gasteiger partial charge in [0.25, 0.3) is 0 Å². The predicted octanol–water partition coefficient (Wildman–Crippen LogP) is 12.5. The number of aryl methyl sites for hydroxylation is 2. The number of fused-ring (bicyclic) bond motifs is 5. The van der Waals surface area contributed by atoms with Crippen molar-refractivity contribution >= 4 is 32.5 Å². The van der Waals surface area contributed by atoms with Gasteiger partial charge in [-0.25, -0.2) is 0 Å². The Bertz CT molecular complexity index is 2790.